The zero-order valence-electron chi connectivity index (χ0n) is 15.9. The molecule has 0 spiro atoms. The van der Waals surface area contributed by atoms with Crippen LogP contribution in [0.25, 0.3) is 16.9 Å². The lowest BCUT2D eigenvalue weighted by atomic mass is 10.1. The van der Waals surface area contributed by atoms with E-state index in [4.69, 9.17) is 0 Å². The predicted octanol–water partition coefficient (Wildman–Crippen LogP) is 4.63. The quantitative estimate of drug-likeness (QED) is 0.379. The molecule has 0 radical (unpaired) electrons. The van der Waals surface area contributed by atoms with E-state index in [-0.39, 0.29) is 18.0 Å². The molecule has 7 heteroatoms. The number of amides is 1. The van der Waals surface area contributed by atoms with Crippen molar-refractivity contribution in [2.24, 2.45) is 0 Å². The molecule has 1 heterocycles. The van der Waals surface area contributed by atoms with E-state index in [9.17, 15) is 14.9 Å². The van der Waals surface area contributed by atoms with E-state index in [0.717, 1.165) is 11.3 Å². The number of rotatable bonds is 6. The van der Waals surface area contributed by atoms with Gasteiger partial charge in [0.15, 0.2) is 0 Å². The average molecular weight is 398 g/mol. The number of carbonyl (C=O) groups excluding carboxylic acids is 1. The monoisotopic (exact) mass is 398 g/mol. The molecule has 148 valence electrons. The van der Waals surface area contributed by atoms with Crippen molar-refractivity contribution in [1.29, 1.82) is 0 Å². The topological polar surface area (TPSA) is 90.1 Å². The lowest BCUT2D eigenvalue weighted by molar-refractivity contribution is -0.385. The maximum atomic E-state index is 12.7. The highest BCUT2D eigenvalue weighted by molar-refractivity contribution is 5.93. The highest BCUT2D eigenvalue weighted by Crippen LogP contribution is 2.25. The molecule has 0 saturated heterocycles. The summed E-state index contributed by atoms with van der Waals surface area (Å²) in [6, 6.07) is 27.1. The second-order valence-corrected chi connectivity index (χ2v) is 6.64. The summed E-state index contributed by atoms with van der Waals surface area (Å²) in [6.45, 7) is 0. The molecule has 4 aromatic rings. The third kappa shape index (κ3) is 4.10. The number of anilines is 1. The lowest BCUT2D eigenvalue weighted by Crippen LogP contribution is -2.17. The molecule has 0 aliphatic carbocycles. The first-order chi connectivity index (χ1) is 14.6. The number of hydrogen-bond acceptors (Lipinski definition) is 4. The molecule has 1 N–H and O–H groups in total. The normalized spacial score (nSPS) is 10.5. The molecule has 0 unspecified atom stereocenters. The first-order valence-electron chi connectivity index (χ1n) is 9.35. The van der Waals surface area contributed by atoms with Crippen LogP contribution in [-0.4, -0.2) is 20.6 Å². The molecule has 0 saturated carbocycles. The van der Waals surface area contributed by atoms with Gasteiger partial charge in [-0.2, -0.15) is 5.10 Å². The van der Waals surface area contributed by atoms with Crippen molar-refractivity contribution in [3.63, 3.8) is 0 Å². The number of para-hydroxylation sites is 2. The Hall–Kier alpha value is -4.26. The summed E-state index contributed by atoms with van der Waals surface area (Å²) >= 11 is 0. The summed E-state index contributed by atoms with van der Waals surface area (Å²) in [4.78, 5) is 23.5. The fraction of sp³-hybridized carbons (Fsp3) is 0.0435. The van der Waals surface area contributed by atoms with Crippen LogP contribution < -0.4 is 5.32 Å². The molecule has 30 heavy (non-hydrogen) atoms. The van der Waals surface area contributed by atoms with Crippen LogP contribution in [0.1, 0.15) is 5.56 Å². The first-order valence-corrected chi connectivity index (χ1v) is 9.35. The molecular weight excluding hydrogens is 380 g/mol. The molecular formula is C23H18N4O3. The zero-order chi connectivity index (χ0) is 20.9. The van der Waals surface area contributed by atoms with Gasteiger partial charge in [0.25, 0.3) is 5.69 Å². The predicted molar refractivity (Wildman–Crippen MR) is 114 cm³/mol. The molecule has 1 amide bonds. The van der Waals surface area contributed by atoms with Crippen molar-refractivity contribution < 1.29 is 9.72 Å². The Kier molecular flexibility index (Phi) is 5.34. The summed E-state index contributed by atoms with van der Waals surface area (Å²) in [7, 11) is 0. The number of nitrogens with zero attached hydrogens (tertiary/aromatic N) is 3. The minimum Gasteiger partial charge on any atom is -0.310 e. The van der Waals surface area contributed by atoms with E-state index in [1.54, 1.807) is 28.9 Å². The SMILES string of the molecule is O=C(Cc1ccccc1[N+](=O)[O-])Nc1cc(-c2ccccc2)nn1-c1ccccc1. The van der Waals surface area contributed by atoms with Crippen LogP contribution >= 0.6 is 0 Å². The molecule has 1 aromatic heterocycles. The highest BCUT2D eigenvalue weighted by atomic mass is 16.6. The van der Waals surface area contributed by atoms with Gasteiger partial charge in [0, 0.05) is 23.3 Å². The second-order valence-electron chi connectivity index (χ2n) is 6.64. The number of benzene rings is 3. The third-order valence-electron chi connectivity index (χ3n) is 4.59. The molecule has 7 nitrogen and oxygen atoms in total. The fourth-order valence-electron chi connectivity index (χ4n) is 3.18. The van der Waals surface area contributed by atoms with Gasteiger partial charge in [-0.15, -0.1) is 0 Å². The van der Waals surface area contributed by atoms with Crippen molar-refractivity contribution in [3.8, 4) is 16.9 Å². The van der Waals surface area contributed by atoms with Gasteiger partial charge >= 0.3 is 0 Å². The molecule has 0 aliphatic rings. The standard InChI is InChI=1S/C23H18N4O3/c28-23(15-18-11-7-8-14-21(18)27(29)30)24-22-16-20(17-9-3-1-4-10-17)25-26(22)19-12-5-2-6-13-19/h1-14,16H,15H2,(H,24,28). The van der Waals surface area contributed by atoms with E-state index in [1.807, 2.05) is 60.7 Å². The number of hydrogen-bond donors (Lipinski definition) is 1. The summed E-state index contributed by atoms with van der Waals surface area (Å²) in [5.74, 6) is 0.129. The van der Waals surface area contributed by atoms with E-state index >= 15 is 0 Å². The highest BCUT2D eigenvalue weighted by Gasteiger charge is 2.18. The Bertz CT molecular complexity index is 1190. The molecule has 4 rings (SSSR count). The van der Waals surface area contributed by atoms with Gasteiger partial charge in [-0.3, -0.25) is 14.9 Å². The lowest BCUT2D eigenvalue weighted by Gasteiger charge is -2.09. The van der Waals surface area contributed by atoms with Gasteiger partial charge < -0.3 is 5.32 Å². The third-order valence-corrected chi connectivity index (χ3v) is 4.59. The minimum atomic E-state index is -0.482. The molecule has 3 aromatic carbocycles. The van der Waals surface area contributed by atoms with E-state index in [2.05, 4.69) is 10.4 Å². The summed E-state index contributed by atoms with van der Waals surface area (Å²) in [6.07, 6.45) is -0.113. The van der Waals surface area contributed by atoms with Gasteiger partial charge in [0.2, 0.25) is 5.91 Å². The maximum absolute atomic E-state index is 12.7. The fourth-order valence-corrected chi connectivity index (χ4v) is 3.18. The number of nitro benzene ring substituents is 1. The number of nitro groups is 1. The minimum absolute atomic E-state index is 0.0748. The molecule has 0 bridgehead atoms. The van der Waals surface area contributed by atoms with Crippen molar-refractivity contribution in [3.05, 3.63) is 107 Å². The largest absolute Gasteiger partial charge is 0.310 e. The van der Waals surface area contributed by atoms with Gasteiger partial charge in [0.1, 0.15) is 5.82 Å². The summed E-state index contributed by atoms with van der Waals surface area (Å²) < 4.78 is 1.65. The van der Waals surface area contributed by atoms with Crippen molar-refractivity contribution in [1.82, 2.24) is 9.78 Å². The van der Waals surface area contributed by atoms with Gasteiger partial charge in [-0.05, 0) is 12.1 Å². The van der Waals surface area contributed by atoms with Crippen molar-refractivity contribution in [2.45, 2.75) is 6.42 Å². The van der Waals surface area contributed by atoms with Crippen LogP contribution in [-0.2, 0) is 11.2 Å². The number of nitrogens with one attached hydrogen (secondary N) is 1. The van der Waals surface area contributed by atoms with Gasteiger partial charge in [0.05, 0.1) is 22.7 Å². The van der Waals surface area contributed by atoms with E-state index < -0.39 is 4.92 Å². The second kappa shape index (κ2) is 8.40. The molecule has 0 aliphatic heterocycles. The van der Waals surface area contributed by atoms with Gasteiger partial charge in [-0.25, -0.2) is 4.68 Å². The molecule has 0 atom stereocenters. The van der Waals surface area contributed by atoms with Crippen LogP contribution in [0.15, 0.2) is 91.0 Å². The van der Waals surface area contributed by atoms with Crippen LogP contribution in [0.2, 0.25) is 0 Å². The first kappa shape index (κ1) is 19.1. The Balaban J connectivity index is 1.65. The Morgan fingerprint density at radius 2 is 1.57 bits per heavy atom. The van der Waals surface area contributed by atoms with Crippen LogP contribution in [0, 0.1) is 10.1 Å². The van der Waals surface area contributed by atoms with Gasteiger partial charge in [-0.1, -0.05) is 66.7 Å². The Labute approximate surface area is 172 Å². The van der Waals surface area contributed by atoms with Crippen LogP contribution in [0.3, 0.4) is 0 Å². The number of carbonyl (C=O) groups is 1. The maximum Gasteiger partial charge on any atom is 0.273 e. The summed E-state index contributed by atoms with van der Waals surface area (Å²) in [5.41, 5.74) is 2.70. The summed E-state index contributed by atoms with van der Waals surface area (Å²) in [5, 5.41) is 18.7. The Morgan fingerprint density at radius 1 is 0.933 bits per heavy atom. The number of aromatic nitrogens is 2. The van der Waals surface area contributed by atoms with Crippen LogP contribution in [0.5, 0.6) is 0 Å². The van der Waals surface area contributed by atoms with E-state index in [0.29, 0.717) is 17.1 Å². The van der Waals surface area contributed by atoms with Crippen molar-refractivity contribution in [2.75, 3.05) is 5.32 Å². The zero-order valence-corrected chi connectivity index (χ0v) is 15.9. The van der Waals surface area contributed by atoms with Crippen LogP contribution in [0.4, 0.5) is 11.5 Å². The van der Waals surface area contributed by atoms with Crippen molar-refractivity contribution >= 4 is 17.4 Å². The Morgan fingerprint density at radius 3 is 2.27 bits per heavy atom. The smallest absolute Gasteiger partial charge is 0.273 e. The van der Waals surface area contributed by atoms with E-state index in [1.165, 1.54) is 6.07 Å². The average Bonchev–Trinajstić information content (AvgIpc) is 3.19. The molecule has 0 fully saturated rings.